The van der Waals surface area contributed by atoms with Crippen LogP contribution in [-0.2, 0) is 9.59 Å². The second-order valence-electron chi connectivity index (χ2n) is 5.26. The summed E-state index contributed by atoms with van der Waals surface area (Å²) in [5.74, 6) is 0.795. The lowest BCUT2D eigenvalue weighted by atomic mass is 10.2. The highest BCUT2D eigenvalue weighted by atomic mass is 79.9. The molecule has 2 aromatic rings. The average Bonchev–Trinajstić information content (AvgIpc) is 2.66. The highest BCUT2D eigenvalue weighted by molar-refractivity contribution is 9.10. The van der Waals surface area contributed by atoms with Gasteiger partial charge in [0, 0.05) is 4.47 Å². The Morgan fingerprint density at radius 2 is 1.38 bits per heavy atom. The molecule has 0 aromatic heterocycles. The average molecular weight is 423 g/mol. The van der Waals surface area contributed by atoms with Crippen LogP contribution in [0, 0.1) is 6.92 Å². The van der Waals surface area contributed by atoms with Crippen molar-refractivity contribution < 1.29 is 23.8 Å². The largest absolute Gasteiger partial charge is 0.497 e. The highest BCUT2D eigenvalue weighted by Crippen LogP contribution is 2.21. The summed E-state index contributed by atoms with van der Waals surface area (Å²) in [7, 11) is 1.56. The van der Waals surface area contributed by atoms with Crippen molar-refractivity contribution in [2.75, 3.05) is 20.3 Å². The Bertz CT molecular complexity index is 765. The fourth-order valence-corrected chi connectivity index (χ4v) is 2.13. The topological polar surface area (TPSA) is 85.9 Å². The van der Waals surface area contributed by atoms with E-state index in [1.807, 2.05) is 13.0 Å². The van der Waals surface area contributed by atoms with Gasteiger partial charge in [-0.2, -0.15) is 0 Å². The van der Waals surface area contributed by atoms with Gasteiger partial charge in [0.2, 0.25) is 0 Å². The quantitative estimate of drug-likeness (QED) is 0.668. The molecule has 0 bridgehead atoms. The first kappa shape index (κ1) is 19.6. The third-order valence-corrected chi connectivity index (χ3v) is 4.16. The molecule has 7 nitrogen and oxygen atoms in total. The Labute approximate surface area is 159 Å². The van der Waals surface area contributed by atoms with E-state index < -0.39 is 11.8 Å². The molecular weight excluding hydrogens is 404 g/mol. The van der Waals surface area contributed by atoms with Gasteiger partial charge in [-0.25, -0.2) is 0 Å². The van der Waals surface area contributed by atoms with E-state index >= 15 is 0 Å². The first-order chi connectivity index (χ1) is 12.5. The van der Waals surface area contributed by atoms with Gasteiger partial charge in [-0.1, -0.05) is 15.9 Å². The maximum absolute atomic E-state index is 11.7. The van der Waals surface area contributed by atoms with Crippen molar-refractivity contribution in [1.29, 1.82) is 0 Å². The van der Waals surface area contributed by atoms with Crippen molar-refractivity contribution in [3.8, 4) is 17.2 Å². The summed E-state index contributed by atoms with van der Waals surface area (Å²) in [6.45, 7) is 1.46. The number of amides is 2. The first-order valence-electron chi connectivity index (χ1n) is 7.71. The molecule has 0 atom stereocenters. The molecule has 0 saturated carbocycles. The Balaban J connectivity index is 1.67. The summed E-state index contributed by atoms with van der Waals surface area (Å²) < 4.78 is 16.6. The predicted molar refractivity (Wildman–Crippen MR) is 99.1 cm³/mol. The van der Waals surface area contributed by atoms with Gasteiger partial charge in [-0.15, -0.1) is 0 Å². The van der Waals surface area contributed by atoms with Crippen LogP contribution in [0.15, 0.2) is 46.9 Å². The highest BCUT2D eigenvalue weighted by Gasteiger charge is 2.07. The molecule has 0 spiro atoms. The van der Waals surface area contributed by atoms with Crippen LogP contribution in [0.4, 0.5) is 0 Å². The number of benzene rings is 2. The number of aryl methyl sites for hydroxylation is 1. The van der Waals surface area contributed by atoms with Gasteiger partial charge in [0.15, 0.2) is 13.2 Å². The molecule has 0 fully saturated rings. The summed E-state index contributed by atoms with van der Waals surface area (Å²) >= 11 is 3.39. The summed E-state index contributed by atoms with van der Waals surface area (Å²) in [5, 5.41) is 0. The van der Waals surface area contributed by atoms with E-state index in [9.17, 15) is 9.59 Å². The molecule has 0 radical (unpaired) electrons. The molecule has 2 N–H and O–H groups in total. The standard InChI is InChI=1S/C18H19BrN2O5/c1-12-9-15(7-8-16(12)19)26-11-18(23)21-20-17(22)10-25-14-5-3-13(24-2)4-6-14/h3-9H,10-11H2,1-2H3,(H,20,22)(H,21,23). The van der Waals surface area contributed by atoms with Gasteiger partial charge in [0.05, 0.1) is 7.11 Å². The third kappa shape index (κ3) is 6.29. The van der Waals surface area contributed by atoms with E-state index in [0.717, 1.165) is 10.0 Å². The lowest BCUT2D eigenvalue weighted by Crippen LogP contribution is -2.45. The molecule has 0 unspecified atom stereocenters. The summed E-state index contributed by atoms with van der Waals surface area (Å²) in [5.41, 5.74) is 5.51. The van der Waals surface area contributed by atoms with Crippen LogP contribution in [0.3, 0.4) is 0 Å². The van der Waals surface area contributed by atoms with E-state index in [0.29, 0.717) is 17.2 Å². The number of methoxy groups -OCH3 is 1. The fraction of sp³-hybridized carbons (Fsp3) is 0.222. The fourth-order valence-electron chi connectivity index (χ4n) is 1.89. The molecular formula is C18H19BrN2O5. The van der Waals surface area contributed by atoms with Gasteiger partial charge >= 0.3 is 0 Å². The number of rotatable bonds is 7. The van der Waals surface area contributed by atoms with Crippen molar-refractivity contribution in [2.24, 2.45) is 0 Å². The van der Waals surface area contributed by atoms with Crippen LogP contribution in [0.1, 0.15) is 5.56 Å². The zero-order valence-corrected chi connectivity index (χ0v) is 16.0. The van der Waals surface area contributed by atoms with Gasteiger partial charge in [-0.05, 0) is 55.0 Å². The van der Waals surface area contributed by atoms with Crippen LogP contribution < -0.4 is 25.1 Å². The number of carbonyl (C=O) groups is 2. The van der Waals surface area contributed by atoms with E-state index in [2.05, 4.69) is 26.8 Å². The lowest BCUT2D eigenvalue weighted by Gasteiger charge is -2.10. The van der Waals surface area contributed by atoms with Gasteiger partial charge in [0.1, 0.15) is 17.2 Å². The normalized spacial score (nSPS) is 9.96. The zero-order valence-electron chi connectivity index (χ0n) is 14.4. The smallest absolute Gasteiger partial charge is 0.276 e. The predicted octanol–water partition coefficient (Wildman–Crippen LogP) is 2.37. The molecule has 0 heterocycles. The number of hydrazine groups is 1. The number of hydrogen-bond acceptors (Lipinski definition) is 5. The number of ether oxygens (including phenoxy) is 3. The molecule has 0 saturated heterocycles. The molecule has 0 aliphatic rings. The second-order valence-corrected chi connectivity index (χ2v) is 6.11. The third-order valence-electron chi connectivity index (χ3n) is 3.27. The van der Waals surface area contributed by atoms with E-state index in [1.165, 1.54) is 0 Å². The summed E-state index contributed by atoms with van der Waals surface area (Å²) in [6, 6.07) is 12.2. The SMILES string of the molecule is COc1ccc(OCC(=O)NNC(=O)COc2ccc(Br)c(C)c2)cc1. The monoisotopic (exact) mass is 422 g/mol. The Morgan fingerprint density at radius 3 is 1.92 bits per heavy atom. The number of carbonyl (C=O) groups excluding carboxylic acids is 2. The molecule has 26 heavy (non-hydrogen) atoms. The molecule has 0 aliphatic carbocycles. The van der Waals surface area contributed by atoms with Crippen LogP contribution in [0.25, 0.3) is 0 Å². The molecule has 2 amide bonds. The minimum absolute atomic E-state index is 0.222. The van der Waals surface area contributed by atoms with Crippen molar-refractivity contribution in [1.82, 2.24) is 10.9 Å². The van der Waals surface area contributed by atoms with E-state index in [1.54, 1.807) is 43.5 Å². The first-order valence-corrected chi connectivity index (χ1v) is 8.50. The van der Waals surface area contributed by atoms with E-state index in [4.69, 9.17) is 14.2 Å². The van der Waals surface area contributed by atoms with Gasteiger partial charge in [0.25, 0.3) is 11.8 Å². The molecule has 8 heteroatoms. The Hall–Kier alpha value is -2.74. The van der Waals surface area contributed by atoms with Crippen LogP contribution in [-0.4, -0.2) is 32.1 Å². The number of halogens is 1. The minimum Gasteiger partial charge on any atom is -0.497 e. The maximum Gasteiger partial charge on any atom is 0.276 e. The number of hydrogen-bond donors (Lipinski definition) is 2. The molecule has 2 rings (SSSR count). The Kier molecular flexibility index (Phi) is 7.28. The molecule has 0 aliphatic heterocycles. The second kappa shape index (κ2) is 9.67. The molecule has 2 aromatic carbocycles. The van der Waals surface area contributed by atoms with Gasteiger partial charge in [-0.3, -0.25) is 20.4 Å². The molecule has 138 valence electrons. The Morgan fingerprint density at radius 1 is 0.885 bits per heavy atom. The van der Waals surface area contributed by atoms with Crippen molar-refractivity contribution >= 4 is 27.7 Å². The van der Waals surface area contributed by atoms with E-state index in [-0.39, 0.29) is 13.2 Å². The maximum atomic E-state index is 11.7. The summed E-state index contributed by atoms with van der Waals surface area (Å²) in [6.07, 6.45) is 0. The van der Waals surface area contributed by atoms with Crippen molar-refractivity contribution in [2.45, 2.75) is 6.92 Å². The zero-order chi connectivity index (χ0) is 18.9. The van der Waals surface area contributed by atoms with Crippen LogP contribution >= 0.6 is 15.9 Å². The summed E-state index contributed by atoms with van der Waals surface area (Å²) in [4.78, 5) is 23.4. The van der Waals surface area contributed by atoms with Crippen molar-refractivity contribution in [3.63, 3.8) is 0 Å². The van der Waals surface area contributed by atoms with Gasteiger partial charge < -0.3 is 14.2 Å². The van der Waals surface area contributed by atoms with Crippen LogP contribution in [0.5, 0.6) is 17.2 Å². The number of nitrogens with one attached hydrogen (secondary N) is 2. The minimum atomic E-state index is -0.492. The lowest BCUT2D eigenvalue weighted by molar-refractivity contribution is -0.131. The van der Waals surface area contributed by atoms with Crippen LogP contribution in [0.2, 0.25) is 0 Å². The van der Waals surface area contributed by atoms with Crippen molar-refractivity contribution in [3.05, 3.63) is 52.5 Å².